The molecule has 0 atom stereocenters. The van der Waals surface area contributed by atoms with Gasteiger partial charge in [-0.3, -0.25) is 4.79 Å². The Balaban J connectivity index is 1.53. The van der Waals surface area contributed by atoms with E-state index in [-0.39, 0.29) is 18.9 Å². The van der Waals surface area contributed by atoms with Crippen molar-refractivity contribution in [3.63, 3.8) is 0 Å². The number of fused-ring (bicyclic) bond motifs is 1. The van der Waals surface area contributed by atoms with Crippen molar-refractivity contribution in [1.82, 2.24) is 4.57 Å². The number of halogens is 1. The fourth-order valence-corrected chi connectivity index (χ4v) is 3.78. The number of benzene rings is 3. The molecule has 0 aliphatic rings. The maximum Gasteiger partial charge on any atom is 0.419 e. The van der Waals surface area contributed by atoms with Gasteiger partial charge in [-0.05, 0) is 73.9 Å². The van der Waals surface area contributed by atoms with Gasteiger partial charge in [-0.2, -0.15) is 0 Å². The van der Waals surface area contributed by atoms with Gasteiger partial charge in [-0.1, -0.05) is 36.4 Å². The molecule has 0 radical (unpaired) electrons. The van der Waals surface area contributed by atoms with E-state index in [2.05, 4.69) is 0 Å². The minimum atomic E-state index is -0.701. The van der Waals surface area contributed by atoms with E-state index in [0.29, 0.717) is 22.3 Å². The zero-order valence-corrected chi connectivity index (χ0v) is 19.9. The Kier molecular flexibility index (Phi) is 6.60. The van der Waals surface area contributed by atoms with Gasteiger partial charge in [0.25, 0.3) is 0 Å². The third-order valence-corrected chi connectivity index (χ3v) is 5.33. The Morgan fingerprint density at radius 2 is 1.54 bits per heavy atom. The molecule has 3 aromatic carbocycles. The summed E-state index contributed by atoms with van der Waals surface area (Å²) in [5.74, 6) is -0.188. The number of amides is 1. The molecule has 7 heteroatoms. The second-order valence-electron chi connectivity index (χ2n) is 9.31. The van der Waals surface area contributed by atoms with Crippen LogP contribution < -0.4 is 10.5 Å². The van der Waals surface area contributed by atoms with Crippen LogP contribution in [-0.2, 0) is 22.6 Å². The fraction of sp³-hybridized carbons (Fsp3) is 0.214. The van der Waals surface area contributed by atoms with Gasteiger partial charge in [0.15, 0.2) is 0 Å². The van der Waals surface area contributed by atoms with Crippen LogP contribution in [0.15, 0.2) is 72.8 Å². The summed E-state index contributed by atoms with van der Waals surface area (Å²) in [5, 5.41) is 0.714. The molecule has 6 nitrogen and oxygen atoms in total. The van der Waals surface area contributed by atoms with Crippen LogP contribution in [0.2, 0.25) is 0 Å². The highest BCUT2D eigenvalue weighted by molar-refractivity contribution is 5.91. The first-order chi connectivity index (χ1) is 16.6. The van der Waals surface area contributed by atoms with Gasteiger partial charge in [0.1, 0.15) is 23.8 Å². The van der Waals surface area contributed by atoms with Crippen molar-refractivity contribution < 1.29 is 23.5 Å². The molecular weight excluding hydrogens is 447 g/mol. The highest BCUT2D eigenvalue weighted by atomic mass is 19.1. The summed E-state index contributed by atoms with van der Waals surface area (Å²) < 4.78 is 26.8. The van der Waals surface area contributed by atoms with E-state index < -0.39 is 17.5 Å². The maximum absolute atomic E-state index is 13.9. The fourth-order valence-electron chi connectivity index (χ4n) is 3.78. The largest absolute Gasteiger partial charge is 0.487 e. The van der Waals surface area contributed by atoms with E-state index >= 15 is 0 Å². The van der Waals surface area contributed by atoms with Crippen molar-refractivity contribution >= 4 is 22.9 Å². The lowest BCUT2D eigenvalue weighted by Gasteiger charge is -2.21. The average Bonchev–Trinajstić information content (AvgIpc) is 3.15. The van der Waals surface area contributed by atoms with Crippen LogP contribution in [0.25, 0.3) is 22.0 Å². The summed E-state index contributed by atoms with van der Waals surface area (Å²) >= 11 is 0. The van der Waals surface area contributed by atoms with Crippen molar-refractivity contribution in [2.45, 2.75) is 39.4 Å². The van der Waals surface area contributed by atoms with Gasteiger partial charge in [0, 0.05) is 5.39 Å². The highest BCUT2D eigenvalue weighted by Crippen LogP contribution is 2.26. The number of primary amides is 1. The molecule has 0 bridgehead atoms. The van der Waals surface area contributed by atoms with Gasteiger partial charge >= 0.3 is 6.09 Å². The smallest absolute Gasteiger partial charge is 0.419 e. The van der Waals surface area contributed by atoms with E-state index in [1.165, 1.54) is 16.7 Å². The first-order valence-electron chi connectivity index (χ1n) is 11.2. The predicted octanol–water partition coefficient (Wildman–Crippen LogP) is 5.84. The van der Waals surface area contributed by atoms with Gasteiger partial charge in [0.2, 0.25) is 5.91 Å². The first-order valence-corrected chi connectivity index (χ1v) is 11.2. The van der Waals surface area contributed by atoms with Gasteiger partial charge in [0.05, 0.1) is 17.6 Å². The molecule has 180 valence electrons. The Hall–Kier alpha value is -4.13. The molecule has 0 unspecified atom stereocenters. The predicted molar refractivity (Wildman–Crippen MR) is 133 cm³/mol. The monoisotopic (exact) mass is 474 g/mol. The molecule has 1 amide bonds. The minimum absolute atomic E-state index is 0.0940. The summed E-state index contributed by atoms with van der Waals surface area (Å²) in [6.07, 6.45) is -0.383. The molecular formula is C28H27FN2O4. The molecule has 35 heavy (non-hydrogen) atoms. The molecule has 0 saturated heterocycles. The zero-order valence-electron chi connectivity index (χ0n) is 19.9. The summed E-state index contributed by atoms with van der Waals surface area (Å²) in [6.45, 7) is 5.43. The number of hydrogen-bond donors (Lipinski definition) is 1. The zero-order chi connectivity index (χ0) is 25.2. The van der Waals surface area contributed by atoms with Gasteiger partial charge < -0.3 is 15.2 Å². The summed E-state index contributed by atoms with van der Waals surface area (Å²) in [7, 11) is 0. The van der Waals surface area contributed by atoms with Crippen molar-refractivity contribution in [2.24, 2.45) is 5.73 Å². The molecule has 2 N–H and O–H groups in total. The second-order valence-corrected chi connectivity index (χ2v) is 9.31. The van der Waals surface area contributed by atoms with Crippen LogP contribution in [0.1, 0.15) is 32.0 Å². The van der Waals surface area contributed by atoms with Crippen LogP contribution >= 0.6 is 0 Å². The number of nitrogens with zero attached hydrogens (tertiary/aromatic N) is 1. The molecule has 0 aliphatic carbocycles. The van der Waals surface area contributed by atoms with Crippen molar-refractivity contribution in [2.75, 3.05) is 0 Å². The molecule has 0 aliphatic heterocycles. The van der Waals surface area contributed by atoms with Crippen LogP contribution in [0, 0.1) is 5.82 Å². The Labute approximate surface area is 203 Å². The number of carbonyl (C=O) groups is 2. The quantitative estimate of drug-likeness (QED) is 0.381. The van der Waals surface area contributed by atoms with Crippen LogP contribution in [0.5, 0.6) is 5.75 Å². The van der Waals surface area contributed by atoms with Crippen LogP contribution in [-0.4, -0.2) is 22.2 Å². The lowest BCUT2D eigenvalue weighted by atomic mass is 10.0. The van der Waals surface area contributed by atoms with Crippen LogP contribution in [0.4, 0.5) is 9.18 Å². The standard InChI is InChI=1S/C28H27FN2O4/c1-28(2,3)35-27(33)31-23(15-21-8-11-22(29)16-25(21)31)17-34-24-12-9-20(10-13-24)19-6-4-18(5-7-19)14-26(30)32/h4-13,15-16H,14,17H2,1-3H3,(H2,30,32). The van der Waals surface area contributed by atoms with Gasteiger partial charge in [-0.25, -0.2) is 13.8 Å². The number of rotatable bonds is 6. The number of ether oxygens (including phenoxy) is 2. The van der Waals surface area contributed by atoms with Crippen molar-refractivity contribution in [3.8, 4) is 16.9 Å². The van der Waals surface area contributed by atoms with E-state index in [1.54, 1.807) is 32.9 Å². The third kappa shape index (κ3) is 5.87. The molecule has 0 spiro atoms. The van der Waals surface area contributed by atoms with Gasteiger partial charge in [-0.15, -0.1) is 0 Å². The molecule has 0 saturated carbocycles. The number of hydrogen-bond acceptors (Lipinski definition) is 4. The lowest BCUT2D eigenvalue weighted by molar-refractivity contribution is -0.117. The van der Waals surface area contributed by atoms with E-state index in [1.807, 2.05) is 48.5 Å². The summed E-state index contributed by atoms with van der Waals surface area (Å²) in [4.78, 5) is 24.0. The maximum atomic E-state index is 13.9. The number of aromatic nitrogens is 1. The SMILES string of the molecule is CC(C)(C)OC(=O)n1c(COc2ccc(-c3ccc(CC(N)=O)cc3)cc2)cc2ccc(F)cc21. The van der Waals surface area contributed by atoms with Crippen LogP contribution in [0.3, 0.4) is 0 Å². The normalized spacial score (nSPS) is 11.4. The topological polar surface area (TPSA) is 83.6 Å². The number of carbonyl (C=O) groups excluding carboxylic acids is 2. The third-order valence-electron chi connectivity index (χ3n) is 5.33. The van der Waals surface area contributed by atoms with E-state index in [4.69, 9.17) is 15.2 Å². The molecule has 0 fully saturated rings. The van der Waals surface area contributed by atoms with Crippen molar-refractivity contribution in [1.29, 1.82) is 0 Å². The second kappa shape index (κ2) is 9.62. The molecule has 1 aromatic heterocycles. The first kappa shape index (κ1) is 24.0. The number of nitrogens with two attached hydrogens (primary N) is 1. The molecule has 4 aromatic rings. The molecule has 4 rings (SSSR count). The lowest BCUT2D eigenvalue weighted by Crippen LogP contribution is -2.28. The molecule has 1 heterocycles. The van der Waals surface area contributed by atoms with E-state index in [0.717, 1.165) is 16.7 Å². The van der Waals surface area contributed by atoms with Crippen molar-refractivity contribution in [3.05, 3.63) is 89.9 Å². The van der Waals surface area contributed by atoms with E-state index in [9.17, 15) is 14.0 Å². The average molecular weight is 475 g/mol. The Morgan fingerprint density at radius 3 is 2.14 bits per heavy atom. The summed E-state index contributed by atoms with van der Waals surface area (Å²) in [5.41, 5.74) is 8.36. The highest BCUT2D eigenvalue weighted by Gasteiger charge is 2.22. The Bertz CT molecular complexity index is 1370. The summed E-state index contributed by atoms with van der Waals surface area (Å²) in [6, 6.07) is 21.2. The Morgan fingerprint density at radius 1 is 0.914 bits per heavy atom. The minimum Gasteiger partial charge on any atom is -0.487 e.